The molecule has 1 aromatic heterocycles. The van der Waals surface area contributed by atoms with Crippen LogP contribution in [0.25, 0.3) is 0 Å². The van der Waals surface area contributed by atoms with Crippen molar-refractivity contribution in [2.75, 3.05) is 5.75 Å². The molecule has 3 nitrogen and oxygen atoms in total. The van der Waals surface area contributed by atoms with Crippen LogP contribution in [-0.4, -0.2) is 19.5 Å². The lowest BCUT2D eigenvalue weighted by molar-refractivity contribution is 0.594. The lowest BCUT2D eigenvalue weighted by atomic mass is 10.3. The number of aromatic nitrogens is 2. The maximum atomic E-state index is 13.4. The summed E-state index contributed by atoms with van der Waals surface area (Å²) < 4.78 is 27.2. The standard InChI is InChI=1S/C12H13FN2OS/c1-10-14-6-7-15(10)8-9-17(16)12-5-3-2-4-11(12)13/h2-7H,8-9H2,1H3. The second kappa shape index (κ2) is 5.23. The van der Waals surface area contributed by atoms with Crippen LogP contribution in [0.3, 0.4) is 0 Å². The van der Waals surface area contributed by atoms with Gasteiger partial charge in [-0.3, -0.25) is 4.21 Å². The van der Waals surface area contributed by atoms with Crippen molar-refractivity contribution in [1.29, 1.82) is 0 Å². The number of halogens is 1. The number of rotatable bonds is 4. The van der Waals surface area contributed by atoms with Crippen molar-refractivity contribution in [3.05, 3.63) is 48.3 Å². The van der Waals surface area contributed by atoms with Crippen LogP contribution in [0.15, 0.2) is 41.6 Å². The first-order chi connectivity index (χ1) is 8.18. The normalized spacial score (nSPS) is 12.6. The van der Waals surface area contributed by atoms with Crippen molar-refractivity contribution in [3.63, 3.8) is 0 Å². The van der Waals surface area contributed by atoms with Crippen LogP contribution in [-0.2, 0) is 17.3 Å². The number of nitrogens with zero attached hydrogens (tertiary/aromatic N) is 2. The van der Waals surface area contributed by atoms with Crippen molar-refractivity contribution >= 4 is 10.8 Å². The Morgan fingerprint density at radius 2 is 2.18 bits per heavy atom. The monoisotopic (exact) mass is 252 g/mol. The predicted molar refractivity (Wildman–Crippen MR) is 64.6 cm³/mol. The van der Waals surface area contributed by atoms with Crippen molar-refractivity contribution in [3.8, 4) is 0 Å². The molecule has 0 aliphatic heterocycles. The Balaban J connectivity index is 2.04. The highest BCUT2D eigenvalue weighted by molar-refractivity contribution is 7.85. The van der Waals surface area contributed by atoms with Crippen LogP contribution in [0.1, 0.15) is 5.82 Å². The lowest BCUT2D eigenvalue weighted by Crippen LogP contribution is -2.09. The summed E-state index contributed by atoms with van der Waals surface area (Å²) in [6, 6.07) is 6.18. The van der Waals surface area contributed by atoms with Gasteiger partial charge in [-0.2, -0.15) is 0 Å². The molecule has 2 rings (SSSR count). The van der Waals surface area contributed by atoms with Gasteiger partial charge in [0.15, 0.2) is 0 Å². The van der Waals surface area contributed by atoms with E-state index in [0.29, 0.717) is 12.3 Å². The van der Waals surface area contributed by atoms with E-state index in [9.17, 15) is 8.60 Å². The average Bonchev–Trinajstić information content (AvgIpc) is 2.72. The molecule has 1 unspecified atom stereocenters. The van der Waals surface area contributed by atoms with E-state index in [2.05, 4.69) is 4.98 Å². The summed E-state index contributed by atoms with van der Waals surface area (Å²) in [5.41, 5.74) is 0. The summed E-state index contributed by atoms with van der Waals surface area (Å²) in [7, 11) is -1.31. The van der Waals surface area contributed by atoms with Gasteiger partial charge < -0.3 is 4.57 Å². The molecule has 0 saturated carbocycles. The van der Waals surface area contributed by atoms with Gasteiger partial charge >= 0.3 is 0 Å². The highest BCUT2D eigenvalue weighted by Gasteiger charge is 2.09. The number of benzene rings is 1. The first-order valence-corrected chi connectivity index (χ1v) is 6.61. The molecule has 1 aromatic carbocycles. The number of aryl methyl sites for hydroxylation is 2. The number of imidazole rings is 1. The Kier molecular flexibility index (Phi) is 3.68. The van der Waals surface area contributed by atoms with E-state index in [1.807, 2.05) is 17.7 Å². The Morgan fingerprint density at radius 3 is 2.82 bits per heavy atom. The van der Waals surface area contributed by atoms with E-state index in [1.165, 1.54) is 6.07 Å². The highest BCUT2D eigenvalue weighted by atomic mass is 32.2. The van der Waals surface area contributed by atoms with Crippen LogP contribution in [0, 0.1) is 12.7 Å². The Hall–Kier alpha value is -1.49. The molecule has 1 atom stereocenters. The fourth-order valence-corrected chi connectivity index (χ4v) is 2.66. The van der Waals surface area contributed by atoms with E-state index < -0.39 is 16.6 Å². The smallest absolute Gasteiger partial charge is 0.139 e. The largest absolute Gasteiger partial charge is 0.334 e. The Morgan fingerprint density at radius 1 is 1.41 bits per heavy atom. The highest BCUT2D eigenvalue weighted by Crippen LogP contribution is 2.12. The summed E-state index contributed by atoms with van der Waals surface area (Å²) in [5.74, 6) is 0.849. The molecule has 0 aliphatic rings. The molecule has 17 heavy (non-hydrogen) atoms. The minimum absolute atomic E-state index is 0.269. The molecular weight excluding hydrogens is 239 g/mol. The molecule has 90 valence electrons. The summed E-state index contributed by atoms with van der Waals surface area (Å²) in [5, 5.41) is 0. The third-order valence-corrected chi connectivity index (χ3v) is 3.90. The molecule has 0 amide bonds. The van der Waals surface area contributed by atoms with E-state index in [-0.39, 0.29) is 4.90 Å². The lowest BCUT2D eigenvalue weighted by Gasteiger charge is -2.05. The molecule has 0 saturated heterocycles. The zero-order valence-electron chi connectivity index (χ0n) is 9.47. The Bertz CT molecular complexity index is 539. The summed E-state index contributed by atoms with van der Waals surface area (Å²) in [6.07, 6.45) is 3.52. The van der Waals surface area contributed by atoms with E-state index in [4.69, 9.17) is 0 Å². The molecule has 0 aliphatic carbocycles. The van der Waals surface area contributed by atoms with Gasteiger partial charge in [0.25, 0.3) is 0 Å². The van der Waals surface area contributed by atoms with Crippen molar-refractivity contribution in [2.24, 2.45) is 0 Å². The van der Waals surface area contributed by atoms with Gasteiger partial charge in [0.1, 0.15) is 11.6 Å². The summed E-state index contributed by atoms with van der Waals surface area (Å²) in [4.78, 5) is 4.34. The van der Waals surface area contributed by atoms with E-state index in [1.54, 1.807) is 24.4 Å². The van der Waals surface area contributed by atoms with Crippen LogP contribution >= 0.6 is 0 Å². The van der Waals surface area contributed by atoms with E-state index in [0.717, 1.165) is 5.82 Å². The fourth-order valence-electron chi connectivity index (χ4n) is 1.56. The number of hydrogen-bond donors (Lipinski definition) is 0. The second-order valence-corrected chi connectivity index (χ2v) is 5.19. The Labute approximate surface area is 102 Å². The van der Waals surface area contributed by atoms with Crippen LogP contribution in [0.5, 0.6) is 0 Å². The van der Waals surface area contributed by atoms with Gasteiger partial charge in [0, 0.05) is 24.7 Å². The van der Waals surface area contributed by atoms with Gasteiger partial charge in [-0.15, -0.1) is 0 Å². The minimum Gasteiger partial charge on any atom is -0.334 e. The predicted octanol–water partition coefficient (Wildman–Crippen LogP) is 2.14. The van der Waals surface area contributed by atoms with Crippen molar-refractivity contribution in [1.82, 2.24) is 9.55 Å². The third-order valence-electron chi connectivity index (χ3n) is 2.52. The first kappa shape index (κ1) is 12.0. The van der Waals surface area contributed by atoms with Gasteiger partial charge in [-0.05, 0) is 19.1 Å². The number of hydrogen-bond acceptors (Lipinski definition) is 2. The third kappa shape index (κ3) is 2.79. The average molecular weight is 252 g/mol. The summed E-state index contributed by atoms with van der Waals surface area (Å²) >= 11 is 0. The molecule has 0 fully saturated rings. The first-order valence-electron chi connectivity index (χ1n) is 5.29. The maximum absolute atomic E-state index is 13.4. The fraction of sp³-hybridized carbons (Fsp3) is 0.250. The van der Waals surface area contributed by atoms with Gasteiger partial charge in [-0.1, -0.05) is 12.1 Å². The van der Waals surface area contributed by atoms with Gasteiger partial charge in [0.2, 0.25) is 0 Å². The SMILES string of the molecule is Cc1nccn1CCS(=O)c1ccccc1F. The zero-order chi connectivity index (χ0) is 12.3. The molecule has 2 aromatic rings. The quantitative estimate of drug-likeness (QED) is 0.835. The molecule has 1 heterocycles. The van der Waals surface area contributed by atoms with Crippen LogP contribution in [0.4, 0.5) is 4.39 Å². The van der Waals surface area contributed by atoms with E-state index >= 15 is 0 Å². The van der Waals surface area contributed by atoms with Gasteiger partial charge in [-0.25, -0.2) is 9.37 Å². The molecule has 0 radical (unpaired) electrons. The summed E-state index contributed by atoms with van der Waals surface area (Å²) in [6.45, 7) is 2.46. The molecule has 5 heteroatoms. The molecule has 0 spiro atoms. The van der Waals surface area contributed by atoms with Gasteiger partial charge in [0.05, 0.1) is 15.7 Å². The van der Waals surface area contributed by atoms with Crippen molar-refractivity contribution < 1.29 is 8.60 Å². The van der Waals surface area contributed by atoms with Crippen LogP contribution in [0.2, 0.25) is 0 Å². The minimum atomic E-state index is -1.31. The molecule has 0 N–H and O–H groups in total. The second-order valence-electron chi connectivity index (χ2n) is 3.65. The van der Waals surface area contributed by atoms with Crippen LogP contribution < -0.4 is 0 Å². The zero-order valence-corrected chi connectivity index (χ0v) is 10.3. The van der Waals surface area contributed by atoms with Crippen molar-refractivity contribution in [2.45, 2.75) is 18.4 Å². The maximum Gasteiger partial charge on any atom is 0.139 e. The molecule has 0 bridgehead atoms. The molecular formula is C12H13FN2OS. The topological polar surface area (TPSA) is 34.9 Å².